The minimum atomic E-state index is 0. The summed E-state index contributed by atoms with van der Waals surface area (Å²) in [4.78, 5) is 13.2. The largest absolute Gasteiger partial charge is 0.341 e. The van der Waals surface area contributed by atoms with Gasteiger partial charge in [-0.2, -0.15) is 0 Å². The van der Waals surface area contributed by atoms with Crippen molar-refractivity contribution in [2.24, 2.45) is 5.73 Å². The lowest BCUT2D eigenvalue weighted by Gasteiger charge is -2.17. The monoisotopic (exact) mass is 242 g/mol. The highest BCUT2D eigenvalue weighted by molar-refractivity contribution is 5.85. The third-order valence-corrected chi connectivity index (χ3v) is 2.29. The van der Waals surface area contributed by atoms with Gasteiger partial charge < -0.3 is 10.6 Å². The number of hydrogen-bond donors (Lipinski definition) is 1. The maximum absolute atomic E-state index is 11.5. The van der Waals surface area contributed by atoms with Crippen molar-refractivity contribution in [1.82, 2.24) is 4.90 Å². The summed E-state index contributed by atoms with van der Waals surface area (Å²) in [7, 11) is 1.81. The third-order valence-electron chi connectivity index (χ3n) is 2.29. The van der Waals surface area contributed by atoms with Crippen LogP contribution < -0.4 is 5.73 Å². The first kappa shape index (κ1) is 14.9. The van der Waals surface area contributed by atoms with Crippen LogP contribution in [-0.2, 0) is 11.3 Å². The van der Waals surface area contributed by atoms with E-state index in [9.17, 15) is 4.79 Å². The Labute approximate surface area is 103 Å². The number of carbonyl (C=O) groups excluding carboxylic acids is 1. The van der Waals surface area contributed by atoms with Gasteiger partial charge in [0.15, 0.2) is 0 Å². The van der Waals surface area contributed by atoms with Crippen LogP contribution in [0.2, 0.25) is 0 Å². The van der Waals surface area contributed by atoms with E-state index in [1.807, 2.05) is 25.1 Å². The van der Waals surface area contributed by atoms with Crippen LogP contribution in [0.1, 0.15) is 17.5 Å². The number of aryl methyl sites for hydroxylation is 1. The topological polar surface area (TPSA) is 46.3 Å². The molecule has 1 amide bonds. The Morgan fingerprint density at radius 2 is 2.12 bits per heavy atom. The summed E-state index contributed by atoms with van der Waals surface area (Å²) < 4.78 is 0. The Balaban J connectivity index is 0.00000225. The first-order valence-electron chi connectivity index (χ1n) is 5.13. The van der Waals surface area contributed by atoms with Crippen molar-refractivity contribution >= 4 is 18.3 Å². The van der Waals surface area contributed by atoms with Crippen LogP contribution in [0.15, 0.2) is 24.3 Å². The number of halogens is 1. The highest BCUT2D eigenvalue weighted by Crippen LogP contribution is 2.07. The zero-order chi connectivity index (χ0) is 11.3. The maximum atomic E-state index is 11.5. The predicted octanol–water partition coefficient (Wildman–Crippen LogP) is 1.72. The Kier molecular flexibility index (Phi) is 6.77. The molecule has 4 heteroatoms. The smallest absolute Gasteiger partial charge is 0.223 e. The number of amides is 1. The molecule has 0 saturated heterocycles. The van der Waals surface area contributed by atoms with E-state index in [-0.39, 0.29) is 18.3 Å². The van der Waals surface area contributed by atoms with E-state index in [4.69, 9.17) is 5.73 Å². The number of nitrogens with two attached hydrogens (primary N) is 1. The number of benzene rings is 1. The summed E-state index contributed by atoms with van der Waals surface area (Å²) >= 11 is 0. The fourth-order valence-electron chi connectivity index (χ4n) is 1.49. The van der Waals surface area contributed by atoms with Gasteiger partial charge in [-0.3, -0.25) is 4.79 Å². The fourth-order valence-corrected chi connectivity index (χ4v) is 1.49. The first-order chi connectivity index (χ1) is 7.13. The molecule has 0 spiro atoms. The molecule has 3 nitrogen and oxygen atoms in total. The van der Waals surface area contributed by atoms with Gasteiger partial charge in [0, 0.05) is 26.6 Å². The Morgan fingerprint density at radius 3 is 2.69 bits per heavy atom. The lowest BCUT2D eigenvalue weighted by atomic mass is 10.1. The summed E-state index contributed by atoms with van der Waals surface area (Å²) in [6.07, 6.45) is 0.419. The summed E-state index contributed by atoms with van der Waals surface area (Å²) in [5, 5.41) is 0. The number of nitrogens with zero attached hydrogens (tertiary/aromatic N) is 1. The van der Waals surface area contributed by atoms with Crippen LogP contribution in [0, 0.1) is 6.92 Å². The molecule has 0 saturated carbocycles. The molecule has 0 radical (unpaired) electrons. The van der Waals surface area contributed by atoms with Gasteiger partial charge in [-0.25, -0.2) is 0 Å². The van der Waals surface area contributed by atoms with E-state index in [0.717, 1.165) is 5.56 Å². The zero-order valence-electron chi connectivity index (χ0n) is 9.77. The van der Waals surface area contributed by atoms with Crippen LogP contribution in [0.4, 0.5) is 0 Å². The van der Waals surface area contributed by atoms with E-state index in [1.165, 1.54) is 5.56 Å². The van der Waals surface area contributed by atoms with Gasteiger partial charge in [-0.05, 0) is 12.5 Å². The van der Waals surface area contributed by atoms with Gasteiger partial charge >= 0.3 is 0 Å². The first-order valence-corrected chi connectivity index (χ1v) is 5.13. The molecule has 0 aliphatic rings. The molecule has 1 aromatic rings. The molecular formula is C12H19ClN2O. The van der Waals surface area contributed by atoms with Crippen molar-refractivity contribution in [1.29, 1.82) is 0 Å². The quantitative estimate of drug-likeness (QED) is 0.874. The van der Waals surface area contributed by atoms with Crippen LogP contribution in [0.5, 0.6) is 0 Å². The molecule has 0 atom stereocenters. The molecule has 0 aliphatic carbocycles. The molecule has 1 rings (SSSR count). The van der Waals surface area contributed by atoms with Crippen LogP contribution in [-0.4, -0.2) is 24.4 Å². The summed E-state index contributed by atoms with van der Waals surface area (Å²) in [5.41, 5.74) is 7.71. The summed E-state index contributed by atoms with van der Waals surface area (Å²) in [5.74, 6) is 0.0963. The second kappa shape index (κ2) is 7.25. The minimum absolute atomic E-state index is 0. The highest BCUT2D eigenvalue weighted by atomic mass is 35.5. The molecule has 2 N–H and O–H groups in total. The summed E-state index contributed by atoms with van der Waals surface area (Å²) in [6.45, 7) is 3.11. The molecule has 90 valence electrons. The van der Waals surface area contributed by atoms with Gasteiger partial charge in [0.2, 0.25) is 5.91 Å². The van der Waals surface area contributed by atoms with Gasteiger partial charge in [-0.15, -0.1) is 12.4 Å². The molecule has 0 heterocycles. The Morgan fingerprint density at radius 1 is 1.44 bits per heavy atom. The van der Waals surface area contributed by atoms with Crippen LogP contribution >= 0.6 is 12.4 Å². The molecular weight excluding hydrogens is 224 g/mol. The lowest BCUT2D eigenvalue weighted by molar-refractivity contribution is -0.130. The van der Waals surface area contributed by atoms with Gasteiger partial charge in [-0.1, -0.05) is 29.8 Å². The molecule has 1 aromatic carbocycles. The SMILES string of the molecule is Cc1cccc(CN(C)C(=O)CCN)c1.Cl. The molecule has 0 bridgehead atoms. The van der Waals surface area contributed by atoms with Gasteiger partial charge in [0.1, 0.15) is 0 Å². The van der Waals surface area contributed by atoms with E-state index in [1.54, 1.807) is 11.9 Å². The predicted molar refractivity (Wildman–Crippen MR) is 68.6 cm³/mol. The average Bonchev–Trinajstić information content (AvgIpc) is 2.18. The van der Waals surface area contributed by atoms with Gasteiger partial charge in [0.25, 0.3) is 0 Å². The second-order valence-electron chi connectivity index (χ2n) is 3.78. The normalized spacial score (nSPS) is 9.44. The second-order valence-corrected chi connectivity index (χ2v) is 3.78. The van der Waals surface area contributed by atoms with Crippen molar-refractivity contribution in [3.05, 3.63) is 35.4 Å². The van der Waals surface area contributed by atoms with Crippen molar-refractivity contribution in [3.63, 3.8) is 0 Å². The molecule has 0 unspecified atom stereocenters. The number of carbonyl (C=O) groups is 1. The summed E-state index contributed by atoms with van der Waals surface area (Å²) in [6, 6.07) is 8.17. The minimum Gasteiger partial charge on any atom is -0.341 e. The van der Waals surface area contributed by atoms with E-state index in [0.29, 0.717) is 19.5 Å². The number of rotatable bonds is 4. The Hall–Kier alpha value is -1.06. The average molecular weight is 243 g/mol. The van der Waals surface area contributed by atoms with Crippen molar-refractivity contribution in [2.45, 2.75) is 19.9 Å². The molecule has 0 fully saturated rings. The Bertz CT molecular complexity index is 342. The molecule has 0 aromatic heterocycles. The van der Waals surface area contributed by atoms with Crippen molar-refractivity contribution < 1.29 is 4.79 Å². The van der Waals surface area contributed by atoms with Crippen molar-refractivity contribution in [3.8, 4) is 0 Å². The zero-order valence-corrected chi connectivity index (χ0v) is 10.6. The molecule has 0 aliphatic heterocycles. The third kappa shape index (κ3) is 4.64. The fraction of sp³-hybridized carbons (Fsp3) is 0.417. The van der Waals surface area contributed by atoms with E-state index >= 15 is 0 Å². The lowest BCUT2D eigenvalue weighted by Crippen LogP contribution is -2.27. The maximum Gasteiger partial charge on any atom is 0.223 e. The van der Waals surface area contributed by atoms with Crippen LogP contribution in [0.3, 0.4) is 0 Å². The highest BCUT2D eigenvalue weighted by Gasteiger charge is 2.07. The standard InChI is InChI=1S/C12H18N2O.ClH/c1-10-4-3-5-11(8-10)9-14(2)12(15)6-7-13;/h3-5,8H,6-7,9,13H2,1-2H3;1H. The number of hydrogen-bond acceptors (Lipinski definition) is 2. The van der Waals surface area contributed by atoms with Gasteiger partial charge in [0.05, 0.1) is 0 Å². The van der Waals surface area contributed by atoms with E-state index < -0.39 is 0 Å². The van der Waals surface area contributed by atoms with Crippen LogP contribution in [0.25, 0.3) is 0 Å². The van der Waals surface area contributed by atoms with Crippen molar-refractivity contribution in [2.75, 3.05) is 13.6 Å². The van der Waals surface area contributed by atoms with E-state index in [2.05, 4.69) is 6.07 Å². The molecule has 16 heavy (non-hydrogen) atoms.